The second-order valence-electron chi connectivity index (χ2n) is 12.9. The molecule has 9 heteroatoms. The number of carbonyl (C=O) groups is 2. The van der Waals surface area contributed by atoms with Crippen LogP contribution in [0, 0.1) is 0 Å². The summed E-state index contributed by atoms with van der Waals surface area (Å²) < 4.78 is 32.5. The minimum atomic E-state index is -4.28. The number of esters is 2. The van der Waals surface area contributed by atoms with Gasteiger partial charge in [0.1, 0.15) is 6.61 Å². The first-order chi connectivity index (χ1) is 24.3. The molecule has 2 atom stereocenters. The third-order valence-corrected chi connectivity index (χ3v) is 9.17. The van der Waals surface area contributed by atoms with Gasteiger partial charge in [-0.3, -0.25) is 18.6 Å². The van der Waals surface area contributed by atoms with Crippen LogP contribution in [0.1, 0.15) is 175 Å². The minimum absolute atomic E-state index is 0.00635. The van der Waals surface area contributed by atoms with Gasteiger partial charge in [-0.25, -0.2) is 4.57 Å². The van der Waals surface area contributed by atoms with Crippen LogP contribution >= 0.6 is 7.82 Å². The molecule has 0 aliphatic rings. The molecule has 8 nitrogen and oxygen atoms in total. The third kappa shape index (κ3) is 35.8. The standard InChI is InChI=1S/C41H73O8P/c1-4-7-9-11-13-15-17-19-21-22-24-26-28-30-32-34-36-41(43)49-39(38-48-50(44,45)47-6-3)37-46-40(42)35-33-31-29-27-25-23-20-18-16-14-12-10-8-5-2/h12,14-15,17-18,20-22,39H,4-11,13,16,19,23-38H2,1-3H3,(H,44,45)/b14-12-,17-15-,20-18-,22-21-. The Morgan fingerprint density at radius 2 is 0.980 bits per heavy atom. The Morgan fingerprint density at radius 1 is 0.540 bits per heavy atom. The first kappa shape index (κ1) is 48.0. The average Bonchev–Trinajstić information content (AvgIpc) is 3.09. The lowest BCUT2D eigenvalue weighted by Gasteiger charge is -2.19. The number of phosphoric acid groups is 1. The predicted molar refractivity (Wildman–Crippen MR) is 207 cm³/mol. The van der Waals surface area contributed by atoms with Crippen molar-refractivity contribution in [2.45, 2.75) is 181 Å². The van der Waals surface area contributed by atoms with Crippen LogP contribution in [0.2, 0.25) is 0 Å². The number of rotatable bonds is 36. The summed E-state index contributed by atoms with van der Waals surface area (Å²) in [6.07, 6.45) is 41.6. The fourth-order valence-corrected chi connectivity index (χ4v) is 5.90. The summed E-state index contributed by atoms with van der Waals surface area (Å²) >= 11 is 0. The van der Waals surface area contributed by atoms with E-state index >= 15 is 0 Å². The number of hydrogen-bond acceptors (Lipinski definition) is 7. The number of hydrogen-bond donors (Lipinski definition) is 1. The van der Waals surface area contributed by atoms with Gasteiger partial charge in [-0.15, -0.1) is 0 Å². The summed E-state index contributed by atoms with van der Waals surface area (Å²) in [5, 5.41) is 0. The number of allylic oxidation sites excluding steroid dienone is 8. The molecule has 0 bridgehead atoms. The Hall–Kier alpha value is -1.99. The zero-order chi connectivity index (χ0) is 36.8. The van der Waals surface area contributed by atoms with Crippen molar-refractivity contribution >= 4 is 19.8 Å². The molecule has 0 aromatic carbocycles. The Kier molecular flexibility index (Phi) is 35.3. The van der Waals surface area contributed by atoms with Gasteiger partial charge >= 0.3 is 19.8 Å². The van der Waals surface area contributed by atoms with Crippen LogP contribution in [0.25, 0.3) is 0 Å². The maximum Gasteiger partial charge on any atom is 0.472 e. The Morgan fingerprint density at radius 3 is 1.48 bits per heavy atom. The van der Waals surface area contributed by atoms with Crippen molar-refractivity contribution in [3.05, 3.63) is 48.6 Å². The maximum atomic E-state index is 12.5. The normalized spacial score (nSPS) is 13.9. The van der Waals surface area contributed by atoms with Crippen molar-refractivity contribution in [3.8, 4) is 0 Å². The maximum absolute atomic E-state index is 12.5. The van der Waals surface area contributed by atoms with Crippen molar-refractivity contribution < 1.29 is 37.6 Å². The van der Waals surface area contributed by atoms with E-state index in [0.29, 0.717) is 6.42 Å². The number of carbonyl (C=O) groups excluding carboxylic acids is 2. The molecule has 0 aliphatic heterocycles. The van der Waals surface area contributed by atoms with Gasteiger partial charge in [0.2, 0.25) is 0 Å². The van der Waals surface area contributed by atoms with Crippen molar-refractivity contribution in [2.24, 2.45) is 0 Å². The van der Waals surface area contributed by atoms with Gasteiger partial charge in [-0.05, 0) is 77.6 Å². The van der Waals surface area contributed by atoms with E-state index in [1.807, 2.05) is 0 Å². The number of unbranched alkanes of at least 4 members (excludes halogenated alkanes) is 16. The van der Waals surface area contributed by atoms with Gasteiger partial charge in [0.05, 0.1) is 13.2 Å². The highest BCUT2D eigenvalue weighted by molar-refractivity contribution is 7.47. The van der Waals surface area contributed by atoms with Crippen molar-refractivity contribution in [3.63, 3.8) is 0 Å². The van der Waals surface area contributed by atoms with E-state index in [9.17, 15) is 19.0 Å². The van der Waals surface area contributed by atoms with E-state index < -0.39 is 26.5 Å². The Balaban J connectivity index is 4.19. The van der Waals surface area contributed by atoms with E-state index in [-0.39, 0.29) is 32.0 Å². The quantitative estimate of drug-likeness (QED) is 0.0294. The van der Waals surface area contributed by atoms with Gasteiger partial charge in [0.25, 0.3) is 0 Å². The van der Waals surface area contributed by atoms with Gasteiger partial charge in [0, 0.05) is 12.8 Å². The third-order valence-electron chi connectivity index (χ3n) is 8.11. The van der Waals surface area contributed by atoms with Gasteiger partial charge in [-0.2, -0.15) is 0 Å². The Bertz CT molecular complexity index is 958. The molecule has 290 valence electrons. The SMILES string of the molecule is CCCC/C=C\C/C=C\CCCCCCCC(=O)OCC(COP(=O)(O)OCC)OC(=O)CCCCCCC/C=C\C/C=C\CCCCCC. The second kappa shape index (κ2) is 36.8. The first-order valence-corrected chi connectivity index (χ1v) is 21.4. The highest BCUT2D eigenvalue weighted by atomic mass is 31.2. The lowest BCUT2D eigenvalue weighted by Crippen LogP contribution is -2.29. The molecule has 0 aromatic rings. The van der Waals surface area contributed by atoms with Crippen LogP contribution in [-0.2, 0) is 32.7 Å². The molecule has 0 amide bonds. The van der Waals surface area contributed by atoms with Crippen molar-refractivity contribution in [1.82, 2.24) is 0 Å². The Labute approximate surface area is 306 Å². The molecule has 0 saturated heterocycles. The molecule has 2 unspecified atom stereocenters. The zero-order valence-electron chi connectivity index (χ0n) is 32.0. The van der Waals surface area contributed by atoms with Crippen LogP contribution in [0.4, 0.5) is 0 Å². The molecule has 0 aromatic heterocycles. The lowest BCUT2D eigenvalue weighted by molar-refractivity contribution is -0.161. The first-order valence-electron chi connectivity index (χ1n) is 19.9. The molecule has 1 N–H and O–H groups in total. The van der Waals surface area contributed by atoms with Crippen LogP contribution in [-0.4, -0.2) is 42.8 Å². The van der Waals surface area contributed by atoms with Crippen LogP contribution in [0.15, 0.2) is 48.6 Å². The van der Waals surface area contributed by atoms with Crippen LogP contribution in [0.3, 0.4) is 0 Å². The van der Waals surface area contributed by atoms with Crippen molar-refractivity contribution in [1.29, 1.82) is 0 Å². The largest absolute Gasteiger partial charge is 0.472 e. The molecule has 0 spiro atoms. The monoisotopic (exact) mass is 725 g/mol. The summed E-state index contributed by atoms with van der Waals surface area (Å²) in [6, 6.07) is 0. The predicted octanol–water partition coefficient (Wildman–Crippen LogP) is 12.2. The molecular weight excluding hydrogens is 651 g/mol. The molecule has 0 rings (SSSR count). The summed E-state index contributed by atoms with van der Waals surface area (Å²) in [5.41, 5.74) is 0. The van der Waals surface area contributed by atoms with Crippen molar-refractivity contribution in [2.75, 3.05) is 19.8 Å². The molecule has 0 fully saturated rings. The molecular formula is C41H73O8P. The van der Waals surface area contributed by atoms with E-state index in [0.717, 1.165) is 83.5 Å². The number of ether oxygens (including phenoxy) is 2. The topological polar surface area (TPSA) is 108 Å². The molecule has 0 heterocycles. The fourth-order valence-electron chi connectivity index (χ4n) is 5.14. The van der Waals surface area contributed by atoms with E-state index in [2.05, 4.69) is 62.5 Å². The average molecular weight is 725 g/mol. The van der Waals surface area contributed by atoms with Crippen LogP contribution in [0.5, 0.6) is 0 Å². The second-order valence-corrected chi connectivity index (χ2v) is 14.4. The zero-order valence-corrected chi connectivity index (χ0v) is 32.9. The lowest BCUT2D eigenvalue weighted by atomic mass is 10.1. The van der Waals surface area contributed by atoms with E-state index in [1.54, 1.807) is 6.92 Å². The summed E-state index contributed by atoms with van der Waals surface area (Å²) in [6.45, 7) is 5.37. The van der Waals surface area contributed by atoms with E-state index in [4.69, 9.17) is 18.5 Å². The molecule has 0 aliphatic carbocycles. The minimum Gasteiger partial charge on any atom is -0.462 e. The fraction of sp³-hybridized carbons (Fsp3) is 0.756. The summed E-state index contributed by atoms with van der Waals surface area (Å²) in [5.74, 6) is -0.833. The smallest absolute Gasteiger partial charge is 0.462 e. The summed E-state index contributed by atoms with van der Waals surface area (Å²) in [7, 11) is -4.28. The molecule has 0 saturated carbocycles. The highest BCUT2D eigenvalue weighted by Crippen LogP contribution is 2.43. The highest BCUT2D eigenvalue weighted by Gasteiger charge is 2.25. The number of phosphoric ester groups is 1. The summed E-state index contributed by atoms with van der Waals surface area (Å²) in [4.78, 5) is 34.6. The van der Waals surface area contributed by atoms with Crippen LogP contribution < -0.4 is 0 Å². The molecule has 50 heavy (non-hydrogen) atoms. The van der Waals surface area contributed by atoms with E-state index in [1.165, 1.54) is 51.4 Å². The van der Waals surface area contributed by atoms with Gasteiger partial charge < -0.3 is 14.4 Å². The van der Waals surface area contributed by atoms with Gasteiger partial charge in [0.15, 0.2) is 6.10 Å². The molecule has 0 radical (unpaired) electrons. The van der Waals surface area contributed by atoms with Gasteiger partial charge in [-0.1, -0.05) is 133 Å².